The lowest BCUT2D eigenvalue weighted by Crippen LogP contribution is -2.31. The van der Waals surface area contributed by atoms with Gasteiger partial charge in [-0.2, -0.15) is 5.10 Å². The first-order valence-corrected chi connectivity index (χ1v) is 11.0. The molecule has 4 atom stereocenters. The summed E-state index contributed by atoms with van der Waals surface area (Å²) in [5, 5.41) is 17.0. The number of carbonyl (C=O) groups is 1. The fourth-order valence-electron chi connectivity index (χ4n) is 5.04. The number of hydrogen-bond donors (Lipinski definition) is 3. The number of aliphatic carboxylic acids is 1. The number of carboxylic acids is 1. The number of unbranched alkanes of at least 4 members (excludes halogenated alkanes) is 1. The van der Waals surface area contributed by atoms with Crippen LogP contribution in [0, 0.1) is 23.7 Å². The zero-order valence-corrected chi connectivity index (χ0v) is 17.8. The topological polar surface area (TPSA) is 73.7 Å². The monoisotopic (exact) mass is 413 g/mol. The van der Waals surface area contributed by atoms with E-state index in [0.717, 1.165) is 36.1 Å². The van der Waals surface area contributed by atoms with Crippen molar-refractivity contribution in [2.45, 2.75) is 51.9 Å². The number of allylic oxidation sites excluding steroid dienone is 2. The first kappa shape index (κ1) is 21.5. The van der Waals surface area contributed by atoms with Gasteiger partial charge in [0, 0.05) is 23.7 Å². The number of thiocarbonyl (C=S) groups is 1. The molecule has 2 aliphatic rings. The Bertz CT molecular complexity index is 763. The fourth-order valence-corrected chi connectivity index (χ4v) is 5.20. The molecular formula is C23H31N3O2S. The van der Waals surface area contributed by atoms with Crippen molar-refractivity contribution in [1.29, 1.82) is 0 Å². The normalized spacial score (nSPS) is 26.0. The van der Waals surface area contributed by atoms with Gasteiger partial charge in [-0.3, -0.25) is 10.2 Å². The number of hydrogen-bond acceptors (Lipinski definition) is 3. The lowest BCUT2D eigenvalue weighted by Gasteiger charge is -2.30. The number of hydrazone groups is 1. The highest BCUT2D eigenvalue weighted by atomic mass is 32.1. The smallest absolute Gasteiger partial charge is 0.303 e. The van der Waals surface area contributed by atoms with Crippen LogP contribution in [0.25, 0.3) is 0 Å². The molecule has 156 valence electrons. The van der Waals surface area contributed by atoms with Gasteiger partial charge in [-0.15, -0.1) is 0 Å². The minimum Gasteiger partial charge on any atom is -0.481 e. The zero-order chi connectivity index (χ0) is 20.6. The third-order valence-electron chi connectivity index (χ3n) is 6.27. The number of para-hydroxylation sites is 1. The molecule has 2 fully saturated rings. The van der Waals surface area contributed by atoms with Crippen molar-refractivity contribution >= 4 is 34.7 Å². The molecule has 3 N–H and O–H groups in total. The summed E-state index contributed by atoms with van der Waals surface area (Å²) in [4.78, 5) is 10.6. The van der Waals surface area contributed by atoms with Crippen LogP contribution in [0.3, 0.4) is 0 Å². The molecule has 6 heteroatoms. The van der Waals surface area contributed by atoms with Crippen LogP contribution in [0.1, 0.15) is 51.9 Å². The van der Waals surface area contributed by atoms with E-state index in [4.69, 9.17) is 17.3 Å². The number of fused-ring (bicyclic) bond motifs is 2. The molecule has 0 saturated heterocycles. The lowest BCUT2D eigenvalue weighted by atomic mass is 9.75. The summed E-state index contributed by atoms with van der Waals surface area (Å²) in [7, 11) is 0. The molecule has 0 aromatic heterocycles. The molecule has 1 aromatic carbocycles. The second-order valence-electron chi connectivity index (χ2n) is 8.20. The van der Waals surface area contributed by atoms with E-state index in [9.17, 15) is 4.79 Å². The highest BCUT2D eigenvalue weighted by Crippen LogP contribution is 2.54. The minimum absolute atomic E-state index is 0.245. The third kappa shape index (κ3) is 6.13. The van der Waals surface area contributed by atoms with Crippen LogP contribution in [0.5, 0.6) is 0 Å². The molecule has 2 saturated carbocycles. The number of nitrogens with zero attached hydrogens (tertiary/aromatic N) is 1. The van der Waals surface area contributed by atoms with E-state index >= 15 is 0 Å². The molecular weight excluding hydrogens is 382 g/mol. The summed E-state index contributed by atoms with van der Waals surface area (Å²) >= 11 is 5.37. The average molecular weight is 414 g/mol. The predicted octanol–water partition coefficient (Wildman–Crippen LogP) is 5.21. The molecule has 5 nitrogen and oxygen atoms in total. The third-order valence-corrected chi connectivity index (χ3v) is 6.47. The van der Waals surface area contributed by atoms with Gasteiger partial charge in [-0.1, -0.05) is 30.4 Å². The van der Waals surface area contributed by atoms with Gasteiger partial charge in [0.05, 0.1) is 0 Å². The van der Waals surface area contributed by atoms with E-state index in [1.165, 1.54) is 19.3 Å². The highest BCUT2D eigenvalue weighted by Gasteiger charge is 2.47. The van der Waals surface area contributed by atoms with E-state index in [-0.39, 0.29) is 6.42 Å². The lowest BCUT2D eigenvalue weighted by molar-refractivity contribution is -0.137. The Morgan fingerprint density at radius 3 is 2.76 bits per heavy atom. The maximum Gasteiger partial charge on any atom is 0.303 e. The van der Waals surface area contributed by atoms with Gasteiger partial charge in [0.1, 0.15) is 0 Å². The summed E-state index contributed by atoms with van der Waals surface area (Å²) in [5.41, 5.74) is 5.10. The molecule has 0 heterocycles. The van der Waals surface area contributed by atoms with Gasteiger partial charge in [0.25, 0.3) is 0 Å². The van der Waals surface area contributed by atoms with Crippen LogP contribution >= 0.6 is 12.2 Å². The second kappa shape index (κ2) is 10.5. The Hall–Kier alpha value is -2.21. The van der Waals surface area contributed by atoms with Crippen LogP contribution in [0.4, 0.5) is 5.69 Å². The quantitative estimate of drug-likeness (QED) is 0.170. The summed E-state index contributed by atoms with van der Waals surface area (Å²) in [6.07, 6.45) is 11.2. The Morgan fingerprint density at radius 2 is 2.00 bits per heavy atom. The van der Waals surface area contributed by atoms with E-state index in [1.807, 2.05) is 30.3 Å². The van der Waals surface area contributed by atoms with Gasteiger partial charge in [0.15, 0.2) is 5.11 Å². The first-order chi connectivity index (χ1) is 14.0. The van der Waals surface area contributed by atoms with Crippen molar-refractivity contribution < 1.29 is 9.90 Å². The van der Waals surface area contributed by atoms with Crippen molar-refractivity contribution in [3.8, 4) is 0 Å². The number of rotatable bonds is 9. The SMILES string of the molecule is C/C(=N\NC(=S)Nc1ccccc1)C1[C@H]2CC[C@H](C2)[C@@H]1C/C=C\CCCC(=O)O. The van der Waals surface area contributed by atoms with Crippen LogP contribution < -0.4 is 10.7 Å². The first-order valence-electron chi connectivity index (χ1n) is 10.6. The summed E-state index contributed by atoms with van der Waals surface area (Å²) in [6, 6.07) is 9.85. The number of nitrogens with one attached hydrogen (secondary N) is 2. The van der Waals surface area contributed by atoms with Crippen LogP contribution in [0.15, 0.2) is 47.6 Å². The van der Waals surface area contributed by atoms with E-state index in [0.29, 0.717) is 23.4 Å². The minimum atomic E-state index is -0.717. The van der Waals surface area contributed by atoms with Crippen LogP contribution in [-0.2, 0) is 4.79 Å². The summed E-state index contributed by atoms with van der Waals surface area (Å²) in [6.45, 7) is 2.12. The maximum absolute atomic E-state index is 10.6. The number of benzene rings is 1. The molecule has 0 radical (unpaired) electrons. The molecule has 1 aromatic rings. The maximum atomic E-state index is 10.6. The molecule has 0 spiro atoms. The predicted molar refractivity (Wildman–Crippen MR) is 122 cm³/mol. The Kier molecular flexibility index (Phi) is 7.81. The number of carboxylic acid groups (broad SMARTS) is 1. The van der Waals surface area contributed by atoms with Gasteiger partial charge < -0.3 is 10.4 Å². The highest BCUT2D eigenvalue weighted by molar-refractivity contribution is 7.80. The van der Waals surface area contributed by atoms with Crippen molar-refractivity contribution in [3.63, 3.8) is 0 Å². The van der Waals surface area contributed by atoms with E-state index in [1.54, 1.807) is 0 Å². The van der Waals surface area contributed by atoms with Gasteiger partial charge in [-0.25, -0.2) is 0 Å². The van der Waals surface area contributed by atoms with Gasteiger partial charge in [0.2, 0.25) is 0 Å². The second-order valence-corrected chi connectivity index (χ2v) is 8.61. The molecule has 1 unspecified atom stereocenters. The van der Waals surface area contributed by atoms with E-state index in [2.05, 4.69) is 34.9 Å². The molecule has 29 heavy (non-hydrogen) atoms. The van der Waals surface area contributed by atoms with Crippen LogP contribution in [0.2, 0.25) is 0 Å². The van der Waals surface area contributed by atoms with Crippen molar-refractivity contribution in [3.05, 3.63) is 42.5 Å². The van der Waals surface area contributed by atoms with Crippen molar-refractivity contribution in [2.75, 3.05) is 5.32 Å². The number of anilines is 1. The van der Waals surface area contributed by atoms with Gasteiger partial charge in [-0.05, 0) is 87.6 Å². The molecule has 2 aliphatic carbocycles. The molecule has 3 rings (SSSR count). The summed E-state index contributed by atoms with van der Waals surface area (Å²) < 4.78 is 0. The Morgan fingerprint density at radius 1 is 1.24 bits per heavy atom. The van der Waals surface area contributed by atoms with E-state index < -0.39 is 5.97 Å². The van der Waals surface area contributed by atoms with Crippen molar-refractivity contribution in [1.82, 2.24) is 5.43 Å². The summed E-state index contributed by atoms with van der Waals surface area (Å²) in [5.74, 6) is 1.93. The van der Waals surface area contributed by atoms with Crippen LogP contribution in [-0.4, -0.2) is 21.9 Å². The Balaban J connectivity index is 1.52. The van der Waals surface area contributed by atoms with Crippen molar-refractivity contribution in [2.24, 2.45) is 28.8 Å². The zero-order valence-electron chi connectivity index (χ0n) is 17.0. The molecule has 0 aliphatic heterocycles. The fraction of sp³-hybridized carbons (Fsp3) is 0.522. The average Bonchev–Trinajstić information content (AvgIpc) is 3.31. The molecule has 0 amide bonds. The van der Waals surface area contributed by atoms with Gasteiger partial charge >= 0.3 is 5.97 Å². The Labute approximate surface area is 178 Å². The largest absolute Gasteiger partial charge is 0.481 e. The standard InChI is InChI=1S/C23H31N3O2S/c1-16(25-26-23(29)24-19-9-5-4-6-10-19)22-18-14-13-17(15-18)20(22)11-7-2-3-8-12-21(27)28/h2,4-7,9-10,17-18,20,22H,3,8,11-15H2,1H3,(H,27,28)(H2,24,26,29)/b7-2-,25-16+/t17-,18+,20+,22?/m1/s1. The molecule has 2 bridgehead atoms.